The minimum absolute atomic E-state index is 0.148. The highest BCUT2D eigenvalue weighted by molar-refractivity contribution is 6.32. The minimum atomic E-state index is -0.148. The molecular weight excluding hydrogens is 328 g/mol. The summed E-state index contributed by atoms with van der Waals surface area (Å²) < 4.78 is 10.4. The molecule has 6 heteroatoms. The summed E-state index contributed by atoms with van der Waals surface area (Å²) in [6.07, 6.45) is 3.49. The van der Waals surface area contributed by atoms with Gasteiger partial charge in [0.05, 0.1) is 19.2 Å². The number of halogens is 1. The van der Waals surface area contributed by atoms with Gasteiger partial charge in [0.15, 0.2) is 11.5 Å². The van der Waals surface area contributed by atoms with E-state index < -0.39 is 0 Å². The number of likely N-dealkylation sites (tertiary alicyclic amines) is 1. The molecule has 1 aliphatic heterocycles. The highest BCUT2D eigenvalue weighted by atomic mass is 35.5. The van der Waals surface area contributed by atoms with Gasteiger partial charge in [0.25, 0.3) is 5.91 Å². The molecule has 24 heavy (non-hydrogen) atoms. The number of hydrogen-bond donors (Lipinski definition) is 1. The molecule has 1 aromatic carbocycles. The van der Waals surface area contributed by atoms with Crippen molar-refractivity contribution in [2.45, 2.75) is 26.2 Å². The molecule has 0 unspecified atom stereocenters. The zero-order chi connectivity index (χ0) is 17.5. The Morgan fingerprint density at radius 3 is 2.62 bits per heavy atom. The highest BCUT2D eigenvalue weighted by Crippen LogP contribution is 2.35. The van der Waals surface area contributed by atoms with Crippen molar-refractivity contribution in [1.82, 2.24) is 10.2 Å². The molecule has 1 N–H and O–H groups in total. The summed E-state index contributed by atoms with van der Waals surface area (Å²) in [5.41, 5.74) is 0.476. The van der Waals surface area contributed by atoms with Gasteiger partial charge in [0.1, 0.15) is 0 Å². The van der Waals surface area contributed by atoms with E-state index in [1.165, 1.54) is 40.2 Å². The Morgan fingerprint density at radius 2 is 2.00 bits per heavy atom. The molecule has 1 heterocycles. The lowest BCUT2D eigenvalue weighted by Crippen LogP contribution is -2.35. The first kappa shape index (κ1) is 18.9. The van der Waals surface area contributed by atoms with Crippen molar-refractivity contribution in [2.24, 2.45) is 5.92 Å². The van der Waals surface area contributed by atoms with Crippen LogP contribution in [0.5, 0.6) is 11.5 Å². The molecule has 0 saturated carbocycles. The number of carbonyl (C=O) groups excluding carboxylic acids is 1. The fraction of sp³-hybridized carbons (Fsp3) is 0.611. The van der Waals surface area contributed by atoms with Gasteiger partial charge in [-0.2, -0.15) is 0 Å². The Kier molecular flexibility index (Phi) is 7.18. The maximum Gasteiger partial charge on any atom is 0.251 e. The SMILES string of the molecule is COc1cc(C(=O)NCCCN2CCC(C)CC2)cc(Cl)c1OC. The van der Waals surface area contributed by atoms with Gasteiger partial charge in [-0.05, 0) is 56.9 Å². The lowest BCUT2D eigenvalue weighted by molar-refractivity contribution is 0.0950. The van der Waals surface area contributed by atoms with E-state index in [1.54, 1.807) is 12.1 Å². The topological polar surface area (TPSA) is 50.8 Å². The van der Waals surface area contributed by atoms with Gasteiger partial charge in [0.2, 0.25) is 0 Å². The predicted octanol–water partition coefficient (Wildman–Crippen LogP) is 3.21. The predicted molar refractivity (Wildman–Crippen MR) is 96.3 cm³/mol. The van der Waals surface area contributed by atoms with Crippen LogP contribution in [0.25, 0.3) is 0 Å². The van der Waals surface area contributed by atoms with Crippen molar-refractivity contribution >= 4 is 17.5 Å². The van der Waals surface area contributed by atoms with E-state index in [9.17, 15) is 4.79 Å². The summed E-state index contributed by atoms with van der Waals surface area (Å²) >= 11 is 6.14. The fourth-order valence-electron chi connectivity index (χ4n) is 2.94. The van der Waals surface area contributed by atoms with Crippen LogP contribution < -0.4 is 14.8 Å². The van der Waals surface area contributed by atoms with Gasteiger partial charge in [0, 0.05) is 12.1 Å². The number of benzene rings is 1. The first-order valence-corrected chi connectivity index (χ1v) is 8.85. The number of nitrogens with one attached hydrogen (secondary N) is 1. The van der Waals surface area contributed by atoms with Crippen molar-refractivity contribution in [3.05, 3.63) is 22.7 Å². The molecule has 0 aromatic heterocycles. The number of methoxy groups -OCH3 is 2. The average molecular weight is 355 g/mol. The lowest BCUT2D eigenvalue weighted by Gasteiger charge is -2.30. The highest BCUT2D eigenvalue weighted by Gasteiger charge is 2.16. The molecule has 5 nitrogen and oxygen atoms in total. The van der Waals surface area contributed by atoms with Crippen molar-refractivity contribution in [3.63, 3.8) is 0 Å². The van der Waals surface area contributed by atoms with Crippen LogP contribution in [0.1, 0.15) is 36.5 Å². The van der Waals surface area contributed by atoms with Crippen LogP contribution in [0, 0.1) is 5.92 Å². The molecule has 1 aromatic rings. The van der Waals surface area contributed by atoms with E-state index in [-0.39, 0.29) is 5.91 Å². The summed E-state index contributed by atoms with van der Waals surface area (Å²) in [7, 11) is 3.04. The molecule has 0 atom stereocenters. The van der Waals surface area contributed by atoms with Gasteiger partial charge >= 0.3 is 0 Å². The Labute approximate surface area is 149 Å². The second-order valence-electron chi connectivity index (χ2n) is 6.33. The van der Waals surface area contributed by atoms with E-state index in [0.29, 0.717) is 28.6 Å². The van der Waals surface area contributed by atoms with Crippen molar-refractivity contribution in [3.8, 4) is 11.5 Å². The zero-order valence-electron chi connectivity index (χ0n) is 14.7. The van der Waals surface area contributed by atoms with E-state index >= 15 is 0 Å². The van der Waals surface area contributed by atoms with Crippen molar-refractivity contribution < 1.29 is 14.3 Å². The van der Waals surface area contributed by atoms with E-state index in [1.807, 2.05) is 0 Å². The minimum Gasteiger partial charge on any atom is -0.493 e. The van der Waals surface area contributed by atoms with E-state index in [2.05, 4.69) is 17.1 Å². The normalized spacial score (nSPS) is 16.0. The maximum atomic E-state index is 12.3. The Bertz CT molecular complexity index is 557. The van der Waals surface area contributed by atoms with E-state index in [4.69, 9.17) is 21.1 Å². The monoisotopic (exact) mass is 354 g/mol. The molecule has 1 aliphatic rings. The van der Waals surface area contributed by atoms with Gasteiger partial charge in [-0.25, -0.2) is 0 Å². The first-order valence-electron chi connectivity index (χ1n) is 8.47. The summed E-state index contributed by atoms with van der Waals surface area (Å²) in [5, 5.41) is 3.31. The van der Waals surface area contributed by atoms with Crippen LogP contribution in [0.3, 0.4) is 0 Å². The third kappa shape index (κ3) is 5.02. The second kappa shape index (κ2) is 9.14. The molecule has 2 rings (SSSR count). The quantitative estimate of drug-likeness (QED) is 0.764. The molecule has 134 valence electrons. The van der Waals surface area contributed by atoms with Gasteiger partial charge in [-0.15, -0.1) is 0 Å². The number of amides is 1. The van der Waals surface area contributed by atoms with Crippen molar-refractivity contribution in [1.29, 1.82) is 0 Å². The number of nitrogens with zero attached hydrogens (tertiary/aromatic N) is 1. The van der Waals surface area contributed by atoms with Gasteiger partial charge in [-0.1, -0.05) is 18.5 Å². The summed E-state index contributed by atoms with van der Waals surface area (Å²) in [6, 6.07) is 3.25. The summed E-state index contributed by atoms with van der Waals surface area (Å²) in [5.74, 6) is 1.59. The molecular formula is C18H27ClN2O3. The number of piperidine rings is 1. The zero-order valence-corrected chi connectivity index (χ0v) is 15.5. The average Bonchev–Trinajstić information content (AvgIpc) is 2.59. The third-order valence-electron chi connectivity index (χ3n) is 4.51. The largest absolute Gasteiger partial charge is 0.493 e. The maximum absolute atomic E-state index is 12.3. The Balaban J connectivity index is 1.81. The number of carbonyl (C=O) groups is 1. The van der Waals surface area contributed by atoms with E-state index in [0.717, 1.165) is 18.9 Å². The second-order valence-corrected chi connectivity index (χ2v) is 6.73. The number of hydrogen-bond acceptors (Lipinski definition) is 4. The first-order chi connectivity index (χ1) is 11.5. The lowest BCUT2D eigenvalue weighted by atomic mass is 9.99. The van der Waals surface area contributed by atoms with Gasteiger partial charge in [-0.3, -0.25) is 4.79 Å². The molecule has 1 fully saturated rings. The summed E-state index contributed by atoms with van der Waals surface area (Å²) in [4.78, 5) is 14.8. The molecule has 0 spiro atoms. The summed E-state index contributed by atoms with van der Waals surface area (Å²) in [6.45, 7) is 6.32. The molecule has 0 radical (unpaired) electrons. The van der Waals surface area contributed by atoms with Crippen LogP contribution in [0.2, 0.25) is 5.02 Å². The molecule has 1 amide bonds. The Hall–Kier alpha value is -1.46. The van der Waals surface area contributed by atoms with Crippen LogP contribution in [0.15, 0.2) is 12.1 Å². The number of ether oxygens (including phenoxy) is 2. The van der Waals surface area contributed by atoms with Crippen LogP contribution in [-0.2, 0) is 0 Å². The van der Waals surface area contributed by atoms with Crippen LogP contribution in [0.4, 0.5) is 0 Å². The number of rotatable bonds is 7. The smallest absolute Gasteiger partial charge is 0.251 e. The van der Waals surface area contributed by atoms with Crippen LogP contribution >= 0.6 is 11.6 Å². The van der Waals surface area contributed by atoms with Crippen molar-refractivity contribution in [2.75, 3.05) is 40.4 Å². The fourth-order valence-corrected chi connectivity index (χ4v) is 3.23. The van der Waals surface area contributed by atoms with Gasteiger partial charge < -0.3 is 19.7 Å². The third-order valence-corrected chi connectivity index (χ3v) is 4.79. The molecule has 0 aliphatic carbocycles. The Morgan fingerprint density at radius 1 is 1.29 bits per heavy atom. The standard InChI is InChI=1S/C18H27ClN2O3/c1-13-5-9-21(10-6-13)8-4-7-20-18(22)14-11-15(19)17(24-3)16(12-14)23-2/h11-13H,4-10H2,1-3H3,(H,20,22). The molecule has 0 bridgehead atoms. The van der Waals surface area contributed by atoms with Crippen LogP contribution in [-0.4, -0.2) is 51.2 Å². The molecule has 1 saturated heterocycles.